The van der Waals surface area contributed by atoms with Gasteiger partial charge in [-0.05, 0) is 37.5 Å². The molecule has 2 N–H and O–H groups in total. The highest BCUT2D eigenvalue weighted by Crippen LogP contribution is 2.31. The van der Waals surface area contributed by atoms with Crippen LogP contribution in [-0.2, 0) is 4.79 Å². The fraction of sp³-hybridized carbons (Fsp3) is 0.571. The Hall–Kier alpha value is -1.42. The molecule has 0 bridgehead atoms. The molecule has 1 aromatic heterocycles. The van der Waals surface area contributed by atoms with Gasteiger partial charge in [-0.25, -0.2) is 0 Å². The second-order valence-corrected chi connectivity index (χ2v) is 5.24. The maximum absolute atomic E-state index is 12.5. The van der Waals surface area contributed by atoms with E-state index in [-0.39, 0.29) is 11.9 Å². The molecule has 1 unspecified atom stereocenters. The zero-order chi connectivity index (χ0) is 13.2. The van der Waals surface area contributed by atoms with Crippen LogP contribution < -0.4 is 5.73 Å². The van der Waals surface area contributed by atoms with Crippen LogP contribution in [0, 0.1) is 0 Å². The van der Waals surface area contributed by atoms with Crippen LogP contribution in [0.5, 0.6) is 0 Å². The van der Waals surface area contributed by atoms with E-state index >= 15 is 0 Å². The standard InChI is InChI=1S/C14H21N3O/c1-11(12-5-9-16-10-6-12)17(2)13(18)14(15)7-3-4-8-14/h5-6,9-11H,3-4,7-8,15H2,1-2H3. The van der Waals surface area contributed by atoms with Crippen LogP contribution in [0.4, 0.5) is 0 Å². The topological polar surface area (TPSA) is 59.2 Å². The van der Waals surface area contributed by atoms with E-state index in [1.807, 2.05) is 26.1 Å². The lowest BCUT2D eigenvalue weighted by Crippen LogP contribution is -2.52. The quantitative estimate of drug-likeness (QED) is 0.887. The summed E-state index contributed by atoms with van der Waals surface area (Å²) in [5.74, 6) is 0.0595. The predicted octanol–water partition coefficient (Wildman–Crippen LogP) is 1.87. The zero-order valence-corrected chi connectivity index (χ0v) is 11.1. The van der Waals surface area contributed by atoms with Gasteiger partial charge in [-0.2, -0.15) is 0 Å². The molecule has 1 heterocycles. The monoisotopic (exact) mass is 247 g/mol. The predicted molar refractivity (Wildman–Crippen MR) is 70.8 cm³/mol. The van der Waals surface area contributed by atoms with E-state index in [4.69, 9.17) is 5.73 Å². The molecule has 1 saturated carbocycles. The van der Waals surface area contributed by atoms with Crippen LogP contribution in [0.2, 0.25) is 0 Å². The number of likely N-dealkylation sites (N-methyl/N-ethyl adjacent to an activating group) is 1. The first-order chi connectivity index (χ1) is 8.54. The van der Waals surface area contributed by atoms with Gasteiger partial charge in [0.15, 0.2) is 0 Å². The largest absolute Gasteiger partial charge is 0.337 e. The number of pyridine rings is 1. The van der Waals surface area contributed by atoms with Crippen molar-refractivity contribution >= 4 is 5.91 Å². The van der Waals surface area contributed by atoms with Gasteiger partial charge in [-0.1, -0.05) is 12.8 Å². The van der Waals surface area contributed by atoms with E-state index in [9.17, 15) is 4.79 Å². The van der Waals surface area contributed by atoms with Gasteiger partial charge in [0.1, 0.15) is 0 Å². The third-order valence-electron chi connectivity index (χ3n) is 4.01. The molecule has 1 atom stereocenters. The van der Waals surface area contributed by atoms with Crippen molar-refractivity contribution in [3.05, 3.63) is 30.1 Å². The smallest absolute Gasteiger partial charge is 0.242 e. The minimum absolute atomic E-state index is 0.0292. The minimum atomic E-state index is -0.643. The Morgan fingerprint density at radius 1 is 1.39 bits per heavy atom. The Labute approximate surface area is 108 Å². The molecule has 0 spiro atoms. The summed E-state index contributed by atoms with van der Waals surface area (Å²) >= 11 is 0. The molecule has 0 aromatic carbocycles. The summed E-state index contributed by atoms with van der Waals surface area (Å²) in [6.45, 7) is 2.02. The molecule has 1 aromatic rings. The molecule has 2 rings (SSSR count). The van der Waals surface area contributed by atoms with Crippen LogP contribution in [0.25, 0.3) is 0 Å². The molecular weight excluding hydrogens is 226 g/mol. The van der Waals surface area contributed by atoms with Crippen LogP contribution in [0.1, 0.15) is 44.2 Å². The molecule has 18 heavy (non-hydrogen) atoms. The highest BCUT2D eigenvalue weighted by Gasteiger charge is 2.40. The summed E-state index contributed by atoms with van der Waals surface area (Å²) < 4.78 is 0. The third-order valence-corrected chi connectivity index (χ3v) is 4.01. The first-order valence-corrected chi connectivity index (χ1v) is 6.51. The highest BCUT2D eigenvalue weighted by molar-refractivity contribution is 5.86. The van der Waals surface area contributed by atoms with Crippen LogP contribution in [0.15, 0.2) is 24.5 Å². The average Bonchev–Trinajstić information content (AvgIpc) is 2.85. The average molecular weight is 247 g/mol. The molecular formula is C14H21N3O. The van der Waals surface area contributed by atoms with Crippen LogP contribution in [0.3, 0.4) is 0 Å². The number of hydrogen-bond acceptors (Lipinski definition) is 3. The first kappa shape index (κ1) is 13.0. The normalized spacial score (nSPS) is 19.5. The van der Waals surface area contributed by atoms with Gasteiger partial charge in [0.05, 0.1) is 11.6 Å². The number of nitrogens with two attached hydrogens (primary N) is 1. The van der Waals surface area contributed by atoms with Crippen molar-refractivity contribution in [2.24, 2.45) is 5.73 Å². The van der Waals surface area contributed by atoms with Crippen molar-refractivity contribution < 1.29 is 4.79 Å². The molecule has 0 aliphatic heterocycles. The Morgan fingerprint density at radius 3 is 2.50 bits per heavy atom. The molecule has 1 aliphatic rings. The number of nitrogens with zero attached hydrogens (tertiary/aromatic N) is 2. The summed E-state index contributed by atoms with van der Waals surface area (Å²) in [5.41, 5.74) is 6.66. The first-order valence-electron chi connectivity index (χ1n) is 6.51. The molecule has 1 amide bonds. The lowest BCUT2D eigenvalue weighted by Gasteiger charge is -2.33. The molecule has 1 aliphatic carbocycles. The van der Waals surface area contributed by atoms with Gasteiger partial charge in [0, 0.05) is 19.4 Å². The zero-order valence-electron chi connectivity index (χ0n) is 11.1. The Bertz CT molecular complexity index is 412. The number of rotatable bonds is 3. The summed E-state index contributed by atoms with van der Waals surface area (Å²) in [5, 5.41) is 0. The summed E-state index contributed by atoms with van der Waals surface area (Å²) in [7, 11) is 1.83. The molecule has 98 valence electrons. The van der Waals surface area contributed by atoms with E-state index in [1.54, 1.807) is 17.3 Å². The van der Waals surface area contributed by atoms with Crippen molar-refractivity contribution in [3.63, 3.8) is 0 Å². The van der Waals surface area contributed by atoms with Gasteiger partial charge in [-0.3, -0.25) is 9.78 Å². The van der Waals surface area contributed by atoms with E-state index in [1.165, 1.54) is 0 Å². The highest BCUT2D eigenvalue weighted by atomic mass is 16.2. The molecule has 0 radical (unpaired) electrons. The summed E-state index contributed by atoms with van der Waals surface area (Å²) in [6.07, 6.45) is 7.22. The van der Waals surface area contributed by atoms with E-state index in [0.29, 0.717) is 0 Å². The van der Waals surface area contributed by atoms with Crippen molar-refractivity contribution in [1.82, 2.24) is 9.88 Å². The maximum atomic E-state index is 12.5. The molecule has 4 nitrogen and oxygen atoms in total. The van der Waals surface area contributed by atoms with Crippen molar-refractivity contribution in [2.75, 3.05) is 7.05 Å². The maximum Gasteiger partial charge on any atom is 0.242 e. The van der Waals surface area contributed by atoms with Crippen molar-refractivity contribution in [3.8, 4) is 0 Å². The van der Waals surface area contributed by atoms with E-state index in [2.05, 4.69) is 4.98 Å². The fourth-order valence-corrected chi connectivity index (χ4v) is 2.61. The van der Waals surface area contributed by atoms with Gasteiger partial charge < -0.3 is 10.6 Å². The molecule has 4 heteroatoms. The van der Waals surface area contributed by atoms with Gasteiger partial charge in [0.2, 0.25) is 5.91 Å². The van der Waals surface area contributed by atoms with Gasteiger partial charge in [0.25, 0.3) is 0 Å². The second kappa shape index (κ2) is 5.06. The van der Waals surface area contributed by atoms with Crippen LogP contribution >= 0.6 is 0 Å². The SMILES string of the molecule is CC(c1ccncc1)N(C)C(=O)C1(N)CCCC1. The Morgan fingerprint density at radius 2 is 1.94 bits per heavy atom. The summed E-state index contributed by atoms with van der Waals surface area (Å²) in [6, 6.07) is 3.90. The number of hydrogen-bond donors (Lipinski definition) is 1. The molecule has 1 fully saturated rings. The molecule has 0 saturated heterocycles. The van der Waals surface area contributed by atoms with E-state index in [0.717, 1.165) is 31.2 Å². The Balaban J connectivity index is 2.11. The number of aromatic nitrogens is 1. The van der Waals surface area contributed by atoms with Crippen molar-refractivity contribution in [1.29, 1.82) is 0 Å². The van der Waals surface area contributed by atoms with Gasteiger partial charge in [-0.15, -0.1) is 0 Å². The van der Waals surface area contributed by atoms with Gasteiger partial charge >= 0.3 is 0 Å². The minimum Gasteiger partial charge on any atom is -0.337 e. The number of carbonyl (C=O) groups is 1. The Kier molecular flexibility index (Phi) is 3.66. The lowest BCUT2D eigenvalue weighted by molar-refractivity contribution is -0.137. The fourth-order valence-electron chi connectivity index (χ4n) is 2.61. The summed E-state index contributed by atoms with van der Waals surface area (Å²) in [4.78, 5) is 18.2. The number of carbonyl (C=O) groups excluding carboxylic acids is 1. The number of amides is 1. The third kappa shape index (κ3) is 2.38. The second-order valence-electron chi connectivity index (χ2n) is 5.24. The lowest BCUT2D eigenvalue weighted by atomic mass is 9.96. The van der Waals surface area contributed by atoms with Crippen LogP contribution in [-0.4, -0.2) is 28.4 Å². The van der Waals surface area contributed by atoms with E-state index < -0.39 is 5.54 Å². The van der Waals surface area contributed by atoms with Crippen molar-refractivity contribution in [2.45, 2.75) is 44.2 Å².